The molecule has 1 aliphatic heterocycles. The van der Waals surface area contributed by atoms with Gasteiger partial charge in [0, 0.05) is 30.8 Å². The second kappa shape index (κ2) is 10.8. The molecule has 0 fully saturated rings. The fourth-order valence-corrected chi connectivity index (χ4v) is 4.63. The number of unbranched alkanes of at least 4 members (excludes halogenated alkanes) is 1. The van der Waals surface area contributed by atoms with Crippen molar-refractivity contribution in [1.82, 2.24) is 14.5 Å². The van der Waals surface area contributed by atoms with Crippen molar-refractivity contribution in [3.8, 4) is 34.1 Å². The van der Waals surface area contributed by atoms with Crippen LogP contribution in [0.25, 0.3) is 22.6 Å². The average Bonchev–Trinajstić information content (AvgIpc) is 3.52. The van der Waals surface area contributed by atoms with Crippen molar-refractivity contribution < 1.29 is 9.47 Å². The van der Waals surface area contributed by atoms with E-state index in [-0.39, 0.29) is 0 Å². The Balaban J connectivity index is 1.54. The SMILES string of the molecule is CCCCn1c(-c2ccccc2)nc(-c2ccccc2)c1CN(CC)Cc1ccc2c(c1)OCO2. The van der Waals surface area contributed by atoms with Crippen LogP contribution < -0.4 is 9.47 Å². The molecule has 0 saturated carbocycles. The monoisotopic (exact) mass is 467 g/mol. The maximum absolute atomic E-state index is 5.61. The van der Waals surface area contributed by atoms with Crippen LogP contribution in [0.2, 0.25) is 0 Å². The first-order chi connectivity index (χ1) is 17.3. The second-order valence-corrected chi connectivity index (χ2v) is 8.96. The molecule has 1 aliphatic rings. The van der Waals surface area contributed by atoms with E-state index in [1.807, 2.05) is 6.07 Å². The van der Waals surface area contributed by atoms with Crippen molar-refractivity contribution in [3.05, 3.63) is 90.1 Å². The lowest BCUT2D eigenvalue weighted by Crippen LogP contribution is -2.24. The summed E-state index contributed by atoms with van der Waals surface area (Å²) in [6.07, 6.45) is 2.26. The maximum Gasteiger partial charge on any atom is 0.231 e. The summed E-state index contributed by atoms with van der Waals surface area (Å²) in [6.45, 7) is 8.31. The van der Waals surface area contributed by atoms with E-state index in [9.17, 15) is 0 Å². The highest BCUT2D eigenvalue weighted by molar-refractivity contribution is 5.68. The summed E-state index contributed by atoms with van der Waals surface area (Å²) in [4.78, 5) is 7.72. The van der Waals surface area contributed by atoms with Crippen molar-refractivity contribution in [2.45, 2.75) is 46.3 Å². The highest BCUT2D eigenvalue weighted by Gasteiger charge is 2.22. The first-order valence-corrected chi connectivity index (χ1v) is 12.6. The number of fused-ring (bicyclic) bond motifs is 1. The molecule has 180 valence electrons. The van der Waals surface area contributed by atoms with Gasteiger partial charge < -0.3 is 14.0 Å². The van der Waals surface area contributed by atoms with E-state index in [1.54, 1.807) is 0 Å². The summed E-state index contributed by atoms with van der Waals surface area (Å²) in [5, 5.41) is 0. The van der Waals surface area contributed by atoms with Crippen LogP contribution >= 0.6 is 0 Å². The number of nitrogens with zero attached hydrogens (tertiary/aromatic N) is 3. The standard InChI is InChI=1S/C30H33N3O2/c1-3-5-18-33-26(21-32(4-2)20-23-16-17-27-28(19-23)35-22-34-27)29(24-12-8-6-9-13-24)31-30(33)25-14-10-7-11-15-25/h6-17,19H,3-5,18,20-22H2,1-2H3. The van der Waals surface area contributed by atoms with Gasteiger partial charge in [0.1, 0.15) is 5.82 Å². The summed E-state index contributed by atoms with van der Waals surface area (Å²) in [6, 6.07) is 27.4. The predicted molar refractivity (Wildman–Crippen MR) is 140 cm³/mol. The average molecular weight is 468 g/mol. The second-order valence-electron chi connectivity index (χ2n) is 8.96. The van der Waals surface area contributed by atoms with Gasteiger partial charge in [-0.05, 0) is 30.7 Å². The number of ether oxygens (including phenoxy) is 2. The largest absolute Gasteiger partial charge is 0.454 e. The first kappa shape index (κ1) is 23.2. The van der Waals surface area contributed by atoms with Crippen molar-refractivity contribution in [3.63, 3.8) is 0 Å². The van der Waals surface area contributed by atoms with Crippen LogP contribution in [0.1, 0.15) is 37.9 Å². The van der Waals surface area contributed by atoms with Crippen molar-refractivity contribution in [1.29, 1.82) is 0 Å². The third-order valence-electron chi connectivity index (χ3n) is 6.55. The van der Waals surface area contributed by atoms with Crippen LogP contribution in [0.4, 0.5) is 0 Å². The summed E-state index contributed by atoms with van der Waals surface area (Å²) in [5.41, 5.74) is 5.89. The molecule has 0 amide bonds. The number of rotatable bonds is 10. The number of imidazole rings is 1. The Hall–Kier alpha value is -3.57. The fraction of sp³-hybridized carbons (Fsp3) is 0.300. The molecule has 0 N–H and O–H groups in total. The Morgan fingerprint density at radius 3 is 2.26 bits per heavy atom. The minimum Gasteiger partial charge on any atom is -0.454 e. The van der Waals surface area contributed by atoms with Gasteiger partial charge in [-0.2, -0.15) is 0 Å². The lowest BCUT2D eigenvalue weighted by Gasteiger charge is -2.23. The summed E-state index contributed by atoms with van der Waals surface area (Å²) < 4.78 is 13.6. The Morgan fingerprint density at radius 2 is 1.54 bits per heavy atom. The summed E-state index contributed by atoms with van der Waals surface area (Å²) in [5.74, 6) is 2.71. The van der Waals surface area contributed by atoms with Crippen LogP contribution in [0.5, 0.6) is 11.5 Å². The molecule has 5 heteroatoms. The molecule has 0 radical (unpaired) electrons. The Kier molecular flexibility index (Phi) is 7.15. The van der Waals surface area contributed by atoms with Gasteiger partial charge >= 0.3 is 0 Å². The van der Waals surface area contributed by atoms with Gasteiger partial charge in [0.2, 0.25) is 6.79 Å². The molecule has 3 aromatic carbocycles. The zero-order valence-electron chi connectivity index (χ0n) is 20.6. The lowest BCUT2D eigenvalue weighted by molar-refractivity contribution is 0.174. The zero-order valence-corrected chi connectivity index (χ0v) is 20.6. The Morgan fingerprint density at radius 1 is 0.829 bits per heavy atom. The van der Waals surface area contributed by atoms with Crippen LogP contribution in [0, 0.1) is 0 Å². The molecule has 0 aliphatic carbocycles. The van der Waals surface area contributed by atoms with E-state index in [0.717, 1.165) is 73.2 Å². The molecular formula is C30H33N3O2. The molecule has 1 aromatic heterocycles. The molecule has 5 rings (SSSR count). The van der Waals surface area contributed by atoms with E-state index >= 15 is 0 Å². The normalized spacial score (nSPS) is 12.4. The van der Waals surface area contributed by atoms with E-state index in [4.69, 9.17) is 14.5 Å². The van der Waals surface area contributed by atoms with Crippen LogP contribution in [-0.2, 0) is 19.6 Å². The van der Waals surface area contributed by atoms with Crippen LogP contribution in [-0.4, -0.2) is 27.8 Å². The van der Waals surface area contributed by atoms with Gasteiger partial charge in [-0.3, -0.25) is 4.90 Å². The van der Waals surface area contributed by atoms with Gasteiger partial charge in [0.15, 0.2) is 11.5 Å². The van der Waals surface area contributed by atoms with Gasteiger partial charge in [-0.1, -0.05) is 87.0 Å². The smallest absolute Gasteiger partial charge is 0.231 e. The van der Waals surface area contributed by atoms with Crippen molar-refractivity contribution >= 4 is 0 Å². The fourth-order valence-electron chi connectivity index (χ4n) is 4.63. The van der Waals surface area contributed by atoms with Crippen LogP contribution in [0.3, 0.4) is 0 Å². The van der Waals surface area contributed by atoms with Crippen molar-refractivity contribution in [2.24, 2.45) is 0 Å². The molecular weight excluding hydrogens is 434 g/mol. The number of hydrogen-bond donors (Lipinski definition) is 0. The molecule has 0 bridgehead atoms. The first-order valence-electron chi connectivity index (χ1n) is 12.6. The third kappa shape index (κ3) is 5.10. The highest BCUT2D eigenvalue weighted by Crippen LogP contribution is 2.34. The van der Waals surface area contributed by atoms with Crippen LogP contribution in [0.15, 0.2) is 78.9 Å². The molecule has 0 spiro atoms. The quantitative estimate of drug-likeness (QED) is 0.258. The molecule has 5 nitrogen and oxygen atoms in total. The van der Waals surface area contributed by atoms with Gasteiger partial charge in [-0.15, -0.1) is 0 Å². The van der Waals surface area contributed by atoms with Gasteiger partial charge in [-0.25, -0.2) is 4.98 Å². The molecule has 4 aromatic rings. The highest BCUT2D eigenvalue weighted by atomic mass is 16.7. The number of aromatic nitrogens is 2. The number of benzene rings is 3. The predicted octanol–water partition coefficient (Wildman–Crippen LogP) is 6.77. The van der Waals surface area contributed by atoms with E-state index in [2.05, 4.69) is 96.1 Å². The Bertz CT molecular complexity index is 1250. The molecule has 35 heavy (non-hydrogen) atoms. The van der Waals surface area contributed by atoms with E-state index < -0.39 is 0 Å². The number of hydrogen-bond acceptors (Lipinski definition) is 4. The van der Waals surface area contributed by atoms with E-state index in [0.29, 0.717) is 6.79 Å². The molecule has 0 saturated heterocycles. The van der Waals surface area contributed by atoms with Crippen molar-refractivity contribution in [2.75, 3.05) is 13.3 Å². The molecule has 0 atom stereocenters. The molecule has 0 unspecified atom stereocenters. The molecule has 2 heterocycles. The zero-order chi connectivity index (χ0) is 24.0. The topological polar surface area (TPSA) is 39.5 Å². The minimum atomic E-state index is 0.301. The summed E-state index contributed by atoms with van der Waals surface area (Å²) in [7, 11) is 0. The van der Waals surface area contributed by atoms with Gasteiger partial charge in [0.05, 0.1) is 11.4 Å². The maximum atomic E-state index is 5.61. The Labute approximate surface area is 208 Å². The minimum absolute atomic E-state index is 0.301. The lowest BCUT2D eigenvalue weighted by atomic mass is 10.1. The van der Waals surface area contributed by atoms with E-state index in [1.165, 1.54) is 11.3 Å². The summed E-state index contributed by atoms with van der Waals surface area (Å²) >= 11 is 0. The third-order valence-corrected chi connectivity index (χ3v) is 6.55. The van der Waals surface area contributed by atoms with Gasteiger partial charge in [0.25, 0.3) is 0 Å².